The van der Waals surface area contributed by atoms with E-state index in [0.717, 1.165) is 55.0 Å². The third-order valence-electron chi connectivity index (χ3n) is 7.90. The van der Waals surface area contributed by atoms with Gasteiger partial charge in [-0.1, -0.05) is 66.4 Å². The lowest BCUT2D eigenvalue weighted by atomic mass is 9.90. The van der Waals surface area contributed by atoms with Crippen LogP contribution in [0.15, 0.2) is 64.3 Å². The van der Waals surface area contributed by atoms with E-state index in [-0.39, 0.29) is 17.0 Å². The first-order chi connectivity index (χ1) is 19.8. The Morgan fingerprint density at radius 3 is 2.39 bits per heavy atom. The van der Waals surface area contributed by atoms with Crippen LogP contribution in [0.25, 0.3) is 6.08 Å². The van der Waals surface area contributed by atoms with E-state index in [1.54, 1.807) is 30.5 Å². The van der Waals surface area contributed by atoms with Crippen LogP contribution in [-0.4, -0.2) is 39.9 Å². The molecule has 2 saturated heterocycles. The van der Waals surface area contributed by atoms with Crippen LogP contribution in [0.4, 0.5) is 5.82 Å². The number of benzene rings is 2. The molecular weight excluding hydrogens is 553 g/mol. The van der Waals surface area contributed by atoms with E-state index in [9.17, 15) is 14.9 Å². The molecule has 3 aromatic rings. The van der Waals surface area contributed by atoms with Crippen molar-refractivity contribution in [3.63, 3.8) is 0 Å². The summed E-state index contributed by atoms with van der Waals surface area (Å²) in [6.45, 7) is 3.71. The Bertz CT molecular complexity index is 1600. The van der Waals surface area contributed by atoms with Gasteiger partial charge in [0.25, 0.3) is 11.5 Å². The van der Waals surface area contributed by atoms with Crippen molar-refractivity contribution in [1.82, 2.24) is 9.47 Å². The molecule has 1 amide bonds. The number of carbonyl (C=O) groups excluding carboxylic acids is 1. The van der Waals surface area contributed by atoms with Gasteiger partial charge >= 0.3 is 0 Å². The van der Waals surface area contributed by atoms with Gasteiger partial charge in [-0.2, -0.15) is 5.26 Å². The van der Waals surface area contributed by atoms with Crippen molar-refractivity contribution < 1.29 is 9.53 Å². The Hall–Kier alpha value is -3.87. The fourth-order valence-corrected chi connectivity index (χ4v) is 6.81. The number of aromatic nitrogens is 1. The Balaban J connectivity index is 1.43. The topological polar surface area (TPSA) is 78.6 Å². The number of pyridine rings is 1. The van der Waals surface area contributed by atoms with Gasteiger partial charge in [0.1, 0.15) is 27.5 Å². The molecule has 0 aliphatic carbocycles. The Labute approximate surface area is 250 Å². The summed E-state index contributed by atoms with van der Waals surface area (Å²) < 4.78 is 7.27. The Morgan fingerprint density at radius 1 is 1.07 bits per heavy atom. The van der Waals surface area contributed by atoms with Gasteiger partial charge in [-0.25, -0.2) is 0 Å². The van der Waals surface area contributed by atoms with Crippen molar-refractivity contribution in [2.24, 2.45) is 13.0 Å². The number of nitriles is 1. The summed E-state index contributed by atoms with van der Waals surface area (Å²) in [7, 11) is 3.32. The summed E-state index contributed by atoms with van der Waals surface area (Å²) in [5, 5.41) is 9.81. The molecule has 0 N–H and O–H groups in total. The van der Waals surface area contributed by atoms with E-state index < -0.39 is 0 Å². The summed E-state index contributed by atoms with van der Waals surface area (Å²) >= 11 is 6.84. The first kappa shape index (κ1) is 28.7. The number of thiocarbonyl (C=S) groups is 1. The number of nitrogens with zero attached hydrogens (tertiary/aromatic N) is 4. The minimum absolute atomic E-state index is 0.0928. The molecule has 2 aliphatic heterocycles. The number of carbonyl (C=O) groups is 1. The zero-order chi connectivity index (χ0) is 29.1. The molecule has 41 heavy (non-hydrogen) atoms. The molecule has 0 bridgehead atoms. The van der Waals surface area contributed by atoms with Crippen LogP contribution >= 0.6 is 24.0 Å². The highest BCUT2D eigenvalue weighted by Crippen LogP contribution is 2.37. The molecule has 2 aliphatic rings. The van der Waals surface area contributed by atoms with Gasteiger partial charge in [0.15, 0.2) is 0 Å². The first-order valence-corrected chi connectivity index (χ1v) is 14.8. The molecule has 1 aromatic heterocycles. The summed E-state index contributed by atoms with van der Waals surface area (Å²) in [5.74, 6) is 1.86. The second-order valence-corrected chi connectivity index (χ2v) is 12.1. The largest absolute Gasteiger partial charge is 0.497 e. The highest BCUT2D eigenvalue weighted by atomic mass is 32.2. The monoisotopic (exact) mass is 584 g/mol. The van der Waals surface area contributed by atoms with Crippen molar-refractivity contribution in [2.75, 3.05) is 25.1 Å². The molecule has 0 saturated carbocycles. The smallest absolute Gasteiger partial charge is 0.270 e. The number of ether oxygens (including phenoxy) is 1. The van der Waals surface area contributed by atoms with Crippen LogP contribution in [0.3, 0.4) is 0 Å². The van der Waals surface area contributed by atoms with Crippen LogP contribution in [-0.2, 0) is 24.8 Å². The summed E-state index contributed by atoms with van der Waals surface area (Å²) in [6.07, 6.45) is 4.83. The van der Waals surface area contributed by atoms with Gasteiger partial charge in [-0.05, 0) is 67.0 Å². The van der Waals surface area contributed by atoms with Crippen LogP contribution in [0.2, 0.25) is 0 Å². The van der Waals surface area contributed by atoms with Crippen molar-refractivity contribution in [3.8, 4) is 11.8 Å². The maximum absolute atomic E-state index is 13.5. The van der Waals surface area contributed by atoms with Crippen LogP contribution < -0.4 is 15.2 Å². The molecule has 0 unspecified atom stereocenters. The van der Waals surface area contributed by atoms with Crippen LogP contribution in [0.5, 0.6) is 5.75 Å². The normalized spacial score (nSPS) is 16.9. The number of methoxy groups -OCH3 is 1. The Kier molecular flexibility index (Phi) is 8.62. The number of hydrogen-bond acceptors (Lipinski definition) is 7. The van der Waals surface area contributed by atoms with E-state index >= 15 is 0 Å². The molecule has 210 valence electrons. The van der Waals surface area contributed by atoms with Crippen molar-refractivity contribution in [3.05, 3.63) is 97.7 Å². The zero-order valence-electron chi connectivity index (χ0n) is 23.4. The van der Waals surface area contributed by atoms with Gasteiger partial charge < -0.3 is 9.64 Å². The highest BCUT2D eigenvalue weighted by Gasteiger charge is 2.33. The molecule has 2 fully saturated rings. The van der Waals surface area contributed by atoms with E-state index in [2.05, 4.69) is 35.2 Å². The molecule has 0 spiro atoms. The molecule has 2 aromatic carbocycles. The average Bonchev–Trinajstić information content (AvgIpc) is 3.25. The second-order valence-electron chi connectivity index (χ2n) is 10.4. The number of piperidine rings is 1. The molecular formula is C32H32N4O3S2. The fraction of sp³-hybridized carbons (Fsp3) is 0.312. The number of rotatable bonds is 7. The quantitative estimate of drug-likeness (QED) is 0.271. The van der Waals surface area contributed by atoms with Crippen molar-refractivity contribution in [2.45, 2.75) is 32.7 Å². The SMILES string of the molecule is COc1ccc(CN2C(=O)/C(=C\c3c(C)c(C#N)c(=O)n(C)c3N3CCC(Cc4ccccc4)CC3)SC2=S)cc1. The summed E-state index contributed by atoms with van der Waals surface area (Å²) in [5.41, 5.74) is 3.34. The molecule has 9 heteroatoms. The first-order valence-electron chi connectivity index (χ1n) is 13.6. The number of hydrogen-bond donors (Lipinski definition) is 0. The lowest BCUT2D eigenvalue weighted by Crippen LogP contribution is -2.39. The maximum atomic E-state index is 13.5. The van der Waals surface area contributed by atoms with Gasteiger partial charge in [0.05, 0.1) is 18.6 Å². The van der Waals surface area contributed by atoms with E-state index in [1.807, 2.05) is 36.4 Å². The summed E-state index contributed by atoms with van der Waals surface area (Å²) in [6, 6.07) is 20.2. The summed E-state index contributed by atoms with van der Waals surface area (Å²) in [4.78, 5) is 31.0. The zero-order valence-corrected chi connectivity index (χ0v) is 25.1. The van der Waals surface area contributed by atoms with Gasteiger partial charge in [0.2, 0.25) is 0 Å². The molecule has 0 atom stereocenters. The number of amides is 1. The number of thioether (sulfide) groups is 1. The molecule has 7 nitrogen and oxygen atoms in total. The van der Waals surface area contributed by atoms with E-state index in [0.29, 0.717) is 27.3 Å². The maximum Gasteiger partial charge on any atom is 0.270 e. The third kappa shape index (κ3) is 5.95. The van der Waals surface area contributed by atoms with E-state index in [1.165, 1.54) is 17.3 Å². The predicted octanol–water partition coefficient (Wildman–Crippen LogP) is 5.43. The van der Waals surface area contributed by atoms with Crippen LogP contribution in [0.1, 0.15) is 40.7 Å². The van der Waals surface area contributed by atoms with Crippen molar-refractivity contribution in [1.29, 1.82) is 5.26 Å². The average molecular weight is 585 g/mol. The van der Waals surface area contributed by atoms with Crippen LogP contribution in [0, 0.1) is 24.2 Å². The van der Waals surface area contributed by atoms with Gasteiger partial charge in [-0.3, -0.25) is 19.1 Å². The van der Waals surface area contributed by atoms with E-state index in [4.69, 9.17) is 17.0 Å². The molecule has 5 rings (SSSR count). The minimum atomic E-state index is -0.324. The lowest BCUT2D eigenvalue weighted by molar-refractivity contribution is -0.122. The highest BCUT2D eigenvalue weighted by molar-refractivity contribution is 8.26. The Morgan fingerprint density at radius 2 is 1.76 bits per heavy atom. The molecule has 3 heterocycles. The minimum Gasteiger partial charge on any atom is -0.497 e. The lowest BCUT2D eigenvalue weighted by Gasteiger charge is -2.36. The van der Waals surface area contributed by atoms with Gasteiger partial charge in [0, 0.05) is 25.7 Å². The standard InChI is InChI=1S/C32H32N4O3S2/c1-21-26(18-28-31(38)36(32(40)41-28)20-24-9-11-25(39-3)12-10-24)29(34(2)30(37)27(21)19-33)35-15-13-23(14-16-35)17-22-7-5-4-6-8-22/h4-12,18,23H,13-17,20H2,1-3H3/b28-18+. The fourth-order valence-electron chi connectivity index (χ4n) is 5.57. The molecule has 0 radical (unpaired) electrons. The number of anilines is 1. The predicted molar refractivity (Wildman–Crippen MR) is 168 cm³/mol. The van der Waals surface area contributed by atoms with Crippen molar-refractivity contribution >= 4 is 46.1 Å². The van der Waals surface area contributed by atoms with Gasteiger partial charge in [-0.15, -0.1) is 0 Å². The second kappa shape index (κ2) is 12.3. The third-order valence-corrected chi connectivity index (χ3v) is 9.28.